The molecule has 1 aromatic carbocycles. The Kier molecular flexibility index (Phi) is 5.93. The molecule has 0 spiro atoms. The van der Waals surface area contributed by atoms with Crippen LogP contribution in [0, 0.1) is 0 Å². The van der Waals surface area contributed by atoms with Crippen molar-refractivity contribution in [3.05, 3.63) is 35.4 Å². The number of aromatic carboxylic acids is 1. The van der Waals surface area contributed by atoms with Crippen molar-refractivity contribution < 1.29 is 18.7 Å². The molecule has 0 heterocycles. The monoisotopic (exact) mass is 270 g/mol. The number of carboxylic acids is 1. The van der Waals surface area contributed by atoms with Crippen LogP contribution >= 0.6 is 0 Å². The van der Waals surface area contributed by atoms with E-state index in [0.29, 0.717) is 6.42 Å². The molecule has 1 N–H and O–H groups in total. The molecule has 4 heteroatoms. The van der Waals surface area contributed by atoms with Gasteiger partial charge >= 0.3 is 5.97 Å². The maximum Gasteiger partial charge on any atom is 0.336 e. The number of carbonyl (C=O) groups is 1. The number of rotatable bonds is 8. The minimum absolute atomic E-state index is 0.291. The lowest BCUT2D eigenvalue weighted by Crippen LogP contribution is -2.18. The van der Waals surface area contributed by atoms with E-state index in [1.54, 1.807) is 0 Å². The first-order chi connectivity index (χ1) is 8.99. The number of alkyl halides is 2. The molecule has 1 rings (SSSR count). The van der Waals surface area contributed by atoms with Crippen molar-refractivity contribution in [3.8, 4) is 0 Å². The SMILES string of the molecule is CCCCCCCC(F)(F)c1ccccc1C(=O)O. The lowest BCUT2D eigenvalue weighted by Gasteiger charge is -2.18. The molecule has 0 aliphatic heterocycles. The number of hydrogen-bond donors (Lipinski definition) is 1. The largest absolute Gasteiger partial charge is 0.478 e. The van der Waals surface area contributed by atoms with Crippen molar-refractivity contribution in [2.45, 2.75) is 51.4 Å². The molecular formula is C15H20F2O2. The molecular weight excluding hydrogens is 250 g/mol. The van der Waals surface area contributed by atoms with Gasteiger partial charge in [0.05, 0.1) is 5.56 Å². The predicted octanol–water partition coefficient (Wildman–Crippen LogP) is 4.84. The van der Waals surface area contributed by atoms with Gasteiger partial charge in [-0.1, -0.05) is 50.8 Å². The third-order valence-corrected chi connectivity index (χ3v) is 3.15. The number of hydrogen-bond acceptors (Lipinski definition) is 1. The average Bonchev–Trinajstić information content (AvgIpc) is 2.38. The second-order valence-electron chi connectivity index (χ2n) is 4.72. The summed E-state index contributed by atoms with van der Waals surface area (Å²) in [5.74, 6) is -4.37. The van der Waals surface area contributed by atoms with Gasteiger partial charge in [-0.15, -0.1) is 0 Å². The summed E-state index contributed by atoms with van der Waals surface area (Å²) in [6.07, 6.45) is 3.96. The molecule has 0 aliphatic rings. The van der Waals surface area contributed by atoms with Gasteiger partial charge in [-0.2, -0.15) is 0 Å². The summed E-state index contributed by atoms with van der Waals surface area (Å²) in [6, 6.07) is 5.34. The molecule has 0 fully saturated rings. The first-order valence-electron chi connectivity index (χ1n) is 6.69. The molecule has 0 saturated heterocycles. The fourth-order valence-electron chi connectivity index (χ4n) is 2.07. The van der Waals surface area contributed by atoms with Crippen LogP contribution in [0.3, 0.4) is 0 Å². The molecule has 0 saturated carbocycles. The van der Waals surface area contributed by atoms with Gasteiger partial charge in [-0.3, -0.25) is 0 Å². The van der Waals surface area contributed by atoms with E-state index in [2.05, 4.69) is 6.92 Å². The second-order valence-corrected chi connectivity index (χ2v) is 4.72. The van der Waals surface area contributed by atoms with Crippen molar-refractivity contribution in [2.75, 3.05) is 0 Å². The van der Waals surface area contributed by atoms with Gasteiger partial charge in [-0.25, -0.2) is 13.6 Å². The summed E-state index contributed by atoms with van der Waals surface area (Å²) in [5, 5.41) is 8.94. The van der Waals surface area contributed by atoms with E-state index >= 15 is 0 Å². The fraction of sp³-hybridized carbons (Fsp3) is 0.533. The maximum atomic E-state index is 14.0. The summed E-state index contributed by atoms with van der Waals surface area (Å²) >= 11 is 0. The van der Waals surface area contributed by atoms with E-state index in [-0.39, 0.29) is 17.5 Å². The Morgan fingerprint density at radius 1 is 1.16 bits per heavy atom. The van der Waals surface area contributed by atoms with Crippen LogP contribution in [0.4, 0.5) is 8.78 Å². The molecule has 1 aromatic rings. The van der Waals surface area contributed by atoms with Crippen LogP contribution in [-0.2, 0) is 5.92 Å². The van der Waals surface area contributed by atoms with Crippen LogP contribution < -0.4 is 0 Å². The van der Waals surface area contributed by atoms with Crippen molar-refractivity contribution >= 4 is 5.97 Å². The fourth-order valence-corrected chi connectivity index (χ4v) is 2.07. The number of unbranched alkanes of at least 4 members (excludes halogenated alkanes) is 4. The van der Waals surface area contributed by atoms with E-state index in [9.17, 15) is 13.6 Å². The highest BCUT2D eigenvalue weighted by Gasteiger charge is 2.34. The lowest BCUT2D eigenvalue weighted by atomic mass is 9.97. The van der Waals surface area contributed by atoms with Gasteiger partial charge in [0, 0.05) is 12.0 Å². The Labute approximate surface area is 112 Å². The molecule has 2 nitrogen and oxygen atoms in total. The number of benzene rings is 1. The predicted molar refractivity (Wildman–Crippen MR) is 70.7 cm³/mol. The van der Waals surface area contributed by atoms with E-state index in [1.807, 2.05) is 0 Å². The van der Waals surface area contributed by atoms with Crippen molar-refractivity contribution in [2.24, 2.45) is 0 Å². The Bertz CT molecular complexity index is 416. The number of carboxylic acid groups (broad SMARTS) is 1. The summed E-state index contributed by atoms with van der Waals surface area (Å²) < 4.78 is 28.0. The zero-order valence-corrected chi connectivity index (χ0v) is 11.2. The van der Waals surface area contributed by atoms with E-state index in [4.69, 9.17) is 5.11 Å². The lowest BCUT2D eigenvalue weighted by molar-refractivity contribution is -0.0171. The zero-order chi connectivity index (χ0) is 14.3. The highest BCUT2D eigenvalue weighted by molar-refractivity contribution is 5.89. The van der Waals surface area contributed by atoms with Gasteiger partial charge in [0.2, 0.25) is 0 Å². The standard InChI is InChI=1S/C15H20F2O2/c1-2-3-4-5-8-11-15(16,17)13-10-7-6-9-12(13)14(18)19/h6-7,9-10H,2-5,8,11H2,1H3,(H,18,19). The molecule has 0 atom stereocenters. The molecule has 106 valence electrons. The summed E-state index contributed by atoms with van der Waals surface area (Å²) in [7, 11) is 0. The summed E-state index contributed by atoms with van der Waals surface area (Å²) in [5.41, 5.74) is -0.681. The van der Waals surface area contributed by atoms with Gasteiger partial charge in [-0.05, 0) is 12.5 Å². The molecule has 0 unspecified atom stereocenters. The molecule has 19 heavy (non-hydrogen) atoms. The van der Waals surface area contributed by atoms with Gasteiger partial charge in [0.15, 0.2) is 0 Å². The highest BCUT2D eigenvalue weighted by atomic mass is 19.3. The van der Waals surface area contributed by atoms with Gasteiger partial charge in [0.1, 0.15) is 0 Å². The van der Waals surface area contributed by atoms with Crippen LogP contribution in [0.1, 0.15) is 61.4 Å². The van der Waals surface area contributed by atoms with E-state index < -0.39 is 11.9 Å². The average molecular weight is 270 g/mol. The van der Waals surface area contributed by atoms with Crippen molar-refractivity contribution in [3.63, 3.8) is 0 Å². The van der Waals surface area contributed by atoms with Gasteiger partial charge < -0.3 is 5.11 Å². The Morgan fingerprint density at radius 3 is 2.42 bits per heavy atom. The maximum absolute atomic E-state index is 14.0. The third-order valence-electron chi connectivity index (χ3n) is 3.15. The van der Waals surface area contributed by atoms with E-state index in [1.165, 1.54) is 24.3 Å². The second kappa shape index (κ2) is 7.22. The zero-order valence-electron chi connectivity index (χ0n) is 11.2. The first kappa shape index (κ1) is 15.6. The molecule has 0 aliphatic carbocycles. The summed E-state index contributed by atoms with van der Waals surface area (Å²) in [6.45, 7) is 2.07. The van der Waals surface area contributed by atoms with E-state index in [0.717, 1.165) is 25.7 Å². The minimum Gasteiger partial charge on any atom is -0.478 e. The first-order valence-corrected chi connectivity index (χ1v) is 6.69. The molecule has 0 aromatic heterocycles. The quantitative estimate of drug-likeness (QED) is 0.686. The van der Waals surface area contributed by atoms with Crippen molar-refractivity contribution in [1.82, 2.24) is 0 Å². The summed E-state index contributed by atoms with van der Waals surface area (Å²) in [4.78, 5) is 11.0. The Morgan fingerprint density at radius 2 is 1.79 bits per heavy atom. The smallest absolute Gasteiger partial charge is 0.336 e. The number of halogens is 2. The van der Waals surface area contributed by atoms with Crippen LogP contribution in [-0.4, -0.2) is 11.1 Å². The third kappa shape index (κ3) is 4.62. The Hall–Kier alpha value is -1.45. The molecule has 0 radical (unpaired) electrons. The topological polar surface area (TPSA) is 37.3 Å². The minimum atomic E-state index is -3.07. The van der Waals surface area contributed by atoms with Crippen LogP contribution in [0.25, 0.3) is 0 Å². The van der Waals surface area contributed by atoms with Crippen LogP contribution in [0.2, 0.25) is 0 Å². The van der Waals surface area contributed by atoms with Gasteiger partial charge in [0.25, 0.3) is 5.92 Å². The van der Waals surface area contributed by atoms with Crippen LogP contribution in [0.5, 0.6) is 0 Å². The van der Waals surface area contributed by atoms with Crippen LogP contribution in [0.15, 0.2) is 24.3 Å². The normalized spacial score (nSPS) is 11.5. The van der Waals surface area contributed by atoms with Crippen molar-refractivity contribution in [1.29, 1.82) is 0 Å². The highest BCUT2D eigenvalue weighted by Crippen LogP contribution is 2.35. The Balaban J connectivity index is 2.68. The molecule has 0 amide bonds. The molecule has 0 bridgehead atoms.